The molecule has 16 heavy (non-hydrogen) atoms. The zero-order chi connectivity index (χ0) is 12.1. The van der Waals surface area contributed by atoms with E-state index in [1.54, 1.807) is 7.11 Å². The molecular formula is C12H17F2NO. The van der Waals surface area contributed by atoms with Crippen molar-refractivity contribution < 1.29 is 13.5 Å². The van der Waals surface area contributed by atoms with Crippen LogP contribution in [-0.4, -0.2) is 19.3 Å². The maximum atomic E-state index is 12.9. The van der Waals surface area contributed by atoms with Crippen molar-refractivity contribution in [3.63, 3.8) is 0 Å². The SMILES string of the molecule is COC(C)CC(N)Cc1cc(F)cc(F)c1. The molecule has 4 heteroatoms. The van der Waals surface area contributed by atoms with Crippen molar-refractivity contribution in [1.82, 2.24) is 0 Å². The lowest BCUT2D eigenvalue weighted by Gasteiger charge is -2.16. The van der Waals surface area contributed by atoms with Gasteiger partial charge in [-0.05, 0) is 37.5 Å². The van der Waals surface area contributed by atoms with Gasteiger partial charge in [-0.25, -0.2) is 8.78 Å². The number of ether oxygens (including phenoxy) is 1. The van der Waals surface area contributed by atoms with E-state index in [1.165, 1.54) is 12.1 Å². The van der Waals surface area contributed by atoms with Gasteiger partial charge in [0, 0.05) is 19.2 Å². The van der Waals surface area contributed by atoms with E-state index in [9.17, 15) is 8.78 Å². The molecule has 1 rings (SSSR count). The molecule has 2 N–H and O–H groups in total. The molecule has 0 amide bonds. The highest BCUT2D eigenvalue weighted by molar-refractivity contribution is 5.18. The topological polar surface area (TPSA) is 35.2 Å². The molecule has 0 aliphatic carbocycles. The van der Waals surface area contributed by atoms with Crippen LogP contribution in [-0.2, 0) is 11.2 Å². The Morgan fingerprint density at radius 3 is 2.31 bits per heavy atom. The third-order valence-electron chi connectivity index (χ3n) is 2.46. The van der Waals surface area contributed by atoms with Crippen LogP contribution in [0.5, 0.6) is 0 Å². The van der Waals surface area contributed by atoms with Crippen LogP contribution in [0.1, 0.15) is 18.9 Å². The quantitative estimate of drug-likeness (QED) is 0.840. The molecule has 0 aromatic heterocycles. The van der Waals surface area contributed by atoms with Crippen LogP contribution in [0.3, 0.4) is 0 Å². The number of methoxy groups -OCH3 is 1. The minimum absolute atomic E-state index is 0.0495. The molecule has 0 heterocycles. The molecule has 90 valence electrons. The summed E-state index contributed by atoms with van der Waals surface area (Å²) in [6.45, 7) is 1.91. The molecule has 0 aliphatic rings. The number of nitrogens with two attached hydrogens (primary N) is 1. The van der Waals surface area contributed by atoms with Crippen LogP contribution < -0.4 is 5.73 Å². The normalized spacial score (nSPS) is 14.8. The number of benzene rings is 1. The summed E-state index contributed by atoms with van der Waals surface area (Å²) >= 11 is 0. The zero-order valence-corrected chi connectivity index (χ0v) is 9.54. The monoisotopic (exact) mass is 229 g/mol. The van der Waals surface area contributed by atoms with Gasteiger partial charge in [0.25, 0.3) is 0 Å². The molecule has 2 nitrogen and oxygen atoms in total. The van der Waals surface area contributed by atoms with Crippen molar-refractivity contribution in [2.75, 3.05) is 7.11 Å². The maximum absolute atomic E-state index is 12.9. The van der Waals surface area contributed by atoms with Gasteiger partial charge in [0.1, 0.15) is 11.6 Å². The maximum Gasteiger partial charge on any atom is 0.126 e. The van der Waals surface area contributed by atoms with Crippen LogP contribution in [0.2, 0.25) is 0 Å². The summed E-state index contributed by atoms with van der Waals surface area (Å²) in [5.74, 6) is -1.14. The van der Waals surface area contributed by atoms with Crippen molar-refractivity contribution in [3.05, 3.63) is 35.4 Å². The van der Waals surface area contributed by atoms with E-state index in [0.29, 0.717) is 18.4 Å². The van der Waals surface area contributed by atoms with E-state index < -0.39 is 11.6 Å². The third kappa shape index (κ3) is 4.24. The van der Waals surface area contributed by atoms with Gasteiger partial charge in [-0.1, -0.05) is 0 Å². The number of hydrogen-bond donors (Lipinski definition) is 1. The van der Waals surface area contributed by atoms with Gasteiger partial charge in [0.15, 0.2) is 0 Å². The smallest absolute Gasteiger partial charge is 0.126 e. The molecule has 0 radical (unpaired) electrons. The predicted octanol–water partition coefficient (Wildman–Crippen LogP) is 2.26. The largest absolute Gasteiger partial charge is 0.382 e. The summed E-state index contributed by atoms with van der Waals surface area (Å²) in [5, 5.41) is 0. The van der Waals surface area contributed by atoms with Gasteiger partial charge in [-0.15, -0.1) is 0 Å². The van der Waals surface area contributed by atoms with Crippen LogP contribution in [0.4, 0.5) is 8.78 Å². The first-order valence-corrected chi connectivity index (χ1v) is 5.24. The molecule has 0 saturated carbocycles. The summed E-state index contributed by atoms with van der Waals surface area (Å²) in [4.78, 5) is 0. The lowest BCUT2D eigenvalue weighted by Crippen LogP contribution is -2.28. The fourth-order valence-corrected chi connectivity index (χ4v) is 1.64. The molecule has 0 aliphatic heterocycles. The average molecular weight is 229 g/mol. The number of hydrogen-bond acceptors (Lipinski definition) is 2. The zero-order valence-electron chi connectivity index (χ0n) is 9.54. The minimum Gasteiger partial charge on any atom is -0.382 e. The lowest BCUT2D eigenvalue weighted by molar-refractivity contribution is 0.104. The highest BCUT2D eigenvalue weighted by Crippen LogP contribution is 2.11. The molecule has 1 aromatic rings. The molecule has 0 saturated heterocycles. The van der Waals surface area contributed by atoms with Crippen molar-refractivity contribution in [3.8, 4) is 0 Å². The first kappa shape index (κ1) is 13.1. The first-order valence-electron chi connectivity index (χ1n) is 5.24. The number of halogens is 2. The lowest BCUT2D eigenvalue weighted by atomic mass is 10.0. The van der Waals surface area contributed by atoms with E-state index in [2.05, 4.69) is 0 Å². The first-order chi connectivity index (χ1) is 7.51. The standard InChI is InChI=1S/C12H17F2NO/c1-8(16-2)3-12(15)6-9-4-10(13)7-11(14)5-9/h4-5,7-8,12H,3,6,15H2,1-2H3. The average Bonchev–Trinajstić information content (AvgIpc) is 2.15. The van der Waals surface area contributed by atoms with Gasteiger partial charge >= 0.3 is 0 Å². The second kappa shape index (κ2) is 5.92. The van der Waals surface area contributed by atoms with Crippen LogP contribution in [0.15, 0.2) is 18.2 Å². The highest BCUT2D eigenvalue weighted by Gasteiger charge is 2.10. The molecule has 0 spiro atoms. The molecule has 2 atom stereocenters. The summed E-state index contributed by atoms with van der Waals surface area (Å²) in [6, 6.07) is 3.31. The Morgan fingerprint density at radius 1 is 1.25 bits per heavy atom. The van der Waals surface area contributed by atoms with E-state index >= 15 is 0 Å². The fourth-order valence-electron chi connectivity index (χ4n) is 1.64. The van der Waals surface area contributed by atoms with Crippen molar-refractivity contribution in [2.24, 2.45) is 5.73 Å². The molecular weight excluding hydrogens is 212 g/mol. The summed E-state index contributed by atoms with van der Waals surface area (Å²) < 4.78 is 30.9. The predicted molar refractivity (Wildman–Crippen MR) is 59.1 cm³/mol. The molecule has 0 fully saturated rings. The van der Waals surface area contributed by atoms with E-state index in [0.717, 1.165) is 6.07 Å². The van der Waals surface area contributed by atoms with Gasteiger partial charge < -0.3 is 10.5 Å². The minimum atomic E-state index is -0.568. The van der Waals surface area contributed by atoms with Crippen LogP contribution >= 0.6 is 0 Å². The fraction of sp³-hybridized carbons (Fsp3) is 0.500. The van der Waals surface area contributed by atoms with Gasteiger partial charge in [-0.2, -0.15) is 0 Å². The second-order valence-corrected chi connectivity index (χ2v) is 4.02. The summed E-state index contributed by atoms with van der Waals surface area (Å²) in [7, 11) is 1.61. The summed E-state index contributed by atoms with van der Waals surface area (Å²) in [6.07, 6.45) is 1.16. The molecule has 2 unspecified atom stereocenters. The molecule has 0 bridgehead atoms. The Balaban J connectivity index is 2.58. The van der Waals surface area contributed by atoms with Gasteiger partial charge in [0.2, 0.25) is 0 Å². The Hall–Kier alpha value is -1.00. The van der Waals surface area contributed by atoms with E-state index in [4.69, 9.17) is 10.5 Å². The van der Waals surface area contributed by atoms with Crippen molar-refractivity contribution >= 4 is 0 Å². The van der Waals surface area contributed by atoms with Crippen LogP contribution in [0, 0.1) is 11.6 Å². The van der Waals surface area contributed by atoms with Crippen LogP contribution in [0.25, 0.3) is 0 Å². The Kier molecular flexibility index (Phi) is 4.83. The van der Waals surface area contributed by atoms with Crippen molar-refractivity contribution in [2.45, 2.75) is 31.9 Å². The van der Waals surface area contributed by atoms with Crippen molar-refractivity contribution in [1.29, 1.82) is 0 Å². The number of rotatable bonds is 5. The Morgan fingerprint density at radius 2 is 1.81 bits per heavy atom. The van der Waals surface area contributed by atoms with Gasteiger partial charge in [-0.3, -0.25) is 0 Å². The van der Waals surface area contributed by atoms with E-state index in [1.807, 2.05) is 6.92 Å². The third-order valence-corrected chi connectivity index (χ3v) is 2.46. The summed E-state index contributed by atoms with van der Waals surface area (Å²) in [5.41, 5.74) is 6.43. The highest BCUT2D eigenvalue weighted by atomic mass is 19.1. The Bertz CT molecular complexity index is 324. The second-order valence-electron chi connectivity index (χ2n) is 4.02. The van der Waals surface area contributed by atoms with E-state index in [-0.39, 0.29) is 12.1 Å². The van der Waals surface area contributed by atoms with Gasteiger partial charge in [0.05, 0.1) is 6.10 Å². The molecule has 1 aromatic carbocycles. The Labute approximate surface area is 94.4 Å².